The zero-order valence-corrected chi connectivity index (χ0v) is 12.1. The van der Waals surface area contributed by atoms with Gasteiger partial charge in [0.2, 0.25) is 5.91 Å². The minimum absolute atomic E-state index is 0.0182. The Morgan fingerprint density at radius 1 is 1.45 bits per heavy atom. The number of hydrogen-bond acceptors (Lipinski definition) is 3. The summed E-state index contributed by atoms with van der Waals surface area (Å²) in [7, 11) is 0. The number of nitrogens with zero attached hydrogens (tertiary/aromatic N) is 1. The third-order valence-electron chi connectivity index (χ3n) is 3.89. The van der Waals surface area contributed by atoms with Gasteiger partial charge in [-0.2, -0.15) is 0 Å². The van der Waals surface area contributed by atoms with Gasteiger partial charge in [0.15, 0.2) is 5.76 Å². The molecule has 110 valence electrons. The van der Waals surface area contributed by atoms with Crippen molar-refractivity contribution in [3.63, 3.8) is 0 Å². The minimum atomic E-state index is -0.0872. The number of furan rings is 1. The van der Waals surface area contributed by atoms with Crippen LogP contribution in [-0.4, -0.2) is 35.8 Å². The van der Waals surface area contributed by atoms with E-state index in [4.69, 9.17) is 4.42 Å². The molecule has 0 aromatic carbocycles. The summed E-state index contributed by atoms with van der Waals surface area (Å²) in [5.41, 5.74) is 0. The van der Waals surface area contributed by atoms with Crippen molar-refractivity contribution >= 4 is 11.8 Å². The summed E-state index contributed by atoms with van der Waals surface area (Å²) in [5.74, 6) is 0.414. The standard InChI is InChI=1S/C15H22N2O3/c1-3-11(2)16-14(18)12-6-8-17(9-7-12)15(19)13-5-4-10-20-13/h4-5,10-12H,3,6-9H2,1-2H3,(H,16,18)/t11-/m1/s1. The quantitative estimate of drug-likeness (QED) is 0.916. The number of likely N-dealkylation sites (tertiary alicyclic amines) is 1. The predicted octanol–water partition coefficient (Wildman–Crippen LogP) is 2.05. The van der Waals surface area contributed by atoms with Gasteiger partial charge in [-0.05, 0) is 38.3 Å². The maximum Gasteiger partial charge on any atom is 0.289 e. The number of nitrogens with one attached hydrogen (secondary N) is 1. The van der Waals surface area contributed by atoms with E-state index in [0.717, 1.165) is 6.42 Å². The third kappa shape index (κ3) is 3.40. The molecule has 20 heavy (non-hydrogen) atoms. The highest BCUT2D eigenvalue weighted by atomic mass is 16.3. The molecule has 5 heteroatoms. The topological polar surface area (TPSA) is 62.6 Å². The first kappa shape index (κ1) is 14.6. The van der Waals surface area contributed by atoms with Crippen LogP contribution in [0.15, 0.2) is 22.8 Å². The van der Waals surface area contributed by atoms with E-state index in [-0.39, 0.29) is 23.8 Å². The van der Waals surface area contributed by atoms with E-state index in [1.54, 1.807) is 17.0 Å². The predicted molar refractivity (Wildman–Crippen MR) is 75.2 cm³/mol. The molecule has 0 spiro atoms. The molecule has 5 nitrogen and oxygen atoms in total. The summed E-state index contributed by atoms with van der Waals surface area (Å²) in [6.07, 6.45) is 3.87. The van der Waals surface area contributed by atoms with E-state index in [9.17, 15) is 9.59 Å². The molecule has 1 aliphatic rings. The van der Waals surface area contributed by atoms with Crippen LogP contribution in [0.2, 0.25) is 0 Å². The minimum Gasteiger partial charge on any atom is -0.459 e. The van der Waals surface area contributed by atoms with Crippen molar-refractivity contribution in [3.8, 4) is 0 Å². The fourth-order valence-corrected chi connectivity index (χ4v) is 2.36. The Morgan fingerprint density at radius 2 is 2.15 bits per heavy atom. The van der Waals surface area contributed by atoms with Crippen LogP contribution in [0.4, 0.5) is 0 Å². The lowest BCUT2D eigenvalue weighted by Gasteiger charge is -2.31. The first-order chi connectivity index (χ1) is 9.61. The highest BCUT2D eigenvalue weighted by Gasteiger charge is 2.28. The van der Waals surface area contributed by atoms with Gasteiger partial charge >= 0.3 is 0 Å². The fraction of sp³-hybridized carbons (Fsp3) is 0.600. The molecule has 1 saturated heterocycles. The lowest BCUT2D eigenvalue weighted by molar-refractivity contribution is -0.126. The molecule has 1 aromatic heterocycles. The van der Waals surface area contributed by atoms with Crippen LogP contribution in [0.3, 0.4) is 0 Å². The largest absolute Gasteiger partial charge is 0.459 e. The van der Waals surface area contributed by atoms with Gasteiger partial charge in [-0.25, -0.2) is 0 Å². The van der Waals surface area contributed by atoms with Gasteiger partial charge in [0.25, 0.3) is 5.91 Å². The molecule has 0 aliphatic carbocycles. The maximum absolute atomic E-state index is 12.1. The van der Waals surface area contributed by atoms with Crippen LogP contribution >= 0.6 is 0 Å². The molecule has 2 heterocycles. The lowest BCUT2D eigenvalue weighted by atomic mass is 9.95. The second-order valence-corrected chi connectivity index (χ2v) is 5.36. The molecule has 1 aromatic rings. The van der Waals surface area contributed by atoms with Gasteiger partial charge in [-0.15, -0.1) is 0 Å². The van der Waals surface area contributed by atoms with Gasteiger partial charge in [0.1, 0.15) is 0 Å². The van der Waals surface area contributed by atoms with Crippen molar-refractivity contribution in [2.75, 3.05) is 13.1 Å². The Kier molecular flexibility index (Phi) is 4.82. The van der Waals surface area contributed by atoms with E-state index in [0.29, 0.717) is 31.7 Å². The Labute approximate surface area is 119 Å². The third-order valence-corrected chi connectivity index (χ3v) is 3.89. The van der Waals surface area contributed by atoms with Crippen molar-refractivity contribution in [2.45, 2.75) is 39.2 Å². The zero-order chi connectivity index (χ0) is 14.5. The molecule has 0 saturated carbocycles. The molecule has 1 N–H and O–H groups in total. The zero-order valence-electron chi connectivity index (χ0n) is 12.1. The summed E-state index contributed by atoms with van der Waals surface area (Å²) < 4.78 is 5.12. The maximum atomic E-state index is 12.1. The molecule has 0 radical (unpaired) electrons. The van der Waals surface area contributed by atoms with Gasteiger partial charge in [0, 0.05) is 25.0 Å². The second-order valence-electron chi connectivity index (χ2n) is 5.36. The second kappa shape index (κ2) is 6.59. The fourth-order valence-electron chi connectivity index (χ4n) is 2.36. The van der Waals surface area contributed by atoms with Gasteiger partial charge in [-0.3, -0.25) is 9.59 Å². The summed E-state index contributed by atoms with van der Waals surface area (Å²) >= 11 is 0. The van der Waals surface area contributed by atoms with Crippen LogP contribution in [0.1, 0.15) is 43.7 Å². The van der Waals surface area contributed by atoms with E-state index in [1.165, 1.54) is 6.26 Å². The Bertz CT molecular complexity index is 448. The normalized spacial score (nSPS) is 17.8. The van der Waals surface area contributed by atoms with Crippen molar-refractivity contribution < 1.29 is 14.0 Å². The SMILES string of the molecule is CC[C@@H](C)NC(=O)C1CCN(C(=O)c2ccco2)CC1. The number of carbonyl (C=O) groups is 2. The van der Waals surface area contributed by atoms with Crippen molar-refractivity contribution in [3.05, 3.63) is 24.2 Å². The van der Waals surface area contributed by atoms with E-state index in [2.05, 4.69) is 12.2 Å². The Morgan fingerprint density at radius 3 is 2.70 bits per heavy atom. The lowest BCUT2D eigenvalue weighted by Crippen LogP contribution is -2.44. The van der Waals surface area contributed by atoms with Gasteiger partial charge < -0.3 is 14.6 Å². The highest BCUT2D eigenvalue weighted by molar-refractivity contribution is 5.91. The molecule has 1 fully saturated rings. The molecule has 1 atom stereocenters. The van der Waals surface area contributed by atoms with E-state index < -0.39 is 0 Å². The molecule has 2 rings (SSSR count). The van der Waals surface area contributed by atoms with Crippen LogP contribution in [0, 0.1) is 5.92 Å². The summed E-state index contributed by atoms with van der Waals surface area (Å²) in [5, 5.41) is 3.01. The average molecular weight is 278 g/mol. The molecule has 2 amide bonds. The van der Waals surface area contributed by atoms with Crippen molar-refractivity contribution in [1.82, 2.24) is 10.2 Å². The van der Waals surface area contributed by atoms with Crippen molar-refractivity contribution in [1.29, 1.82) is 0 Å². The Hall–Kier alpha value is -1.78. The van der Waals surface area contributed by atoms with Crippen LogP contribution in [0.25, 0.3) is 0 Å². The number of rotatable bonds is 4. The highest BCUT2D eigenvalue weighted by Crippen LogP contribution is 2.19. The van der Waals surface area contributed by atoms with Crippen LogP contribution in [-0.2, 0) is 4.79 Å². The van der Waals surface area contributed by atoms with E-state index >= 15 is 0 Å². The molecular weight excluding hydrogens is 256 g/mol. The van der Waals surface area contributed by atoms with Crippen LogP contribution in [0.5, 0.6) is 0 Å². The van der Waals surface area contributed by atoms with Gasteiger partial charge in [-0.1, -0.05) is 6.92 Å². The monoisotopic (exact) mass is 278 g/mol. The first-order valence-electron chi connectivity index (χ1n) is 7.25. The average Bonchev–Trinajstić information content (AvgIpc) is 3.00. The first-order valence-corrected chi connectivity index (χ1v) is 7.25. The molecular formula is C15H22N2O3. The number of amides is 2. The summed E-state index contributed by atoms with van der Waals surface area (Å²) in [4.78, 5) is 25.9. The summed E-state index contributed by atoms with van der Waals surface area (Å²) in [6.45, 7) is 5.28. The van der Waals surface area contributed by atoms with Crippen LogP contribution < -0.4 is 5.32 Å². The molecule has 0 bridgehead atoms. The van der Waals surface area contributed by atoms with E-state index in [1.807, 2.05) is 6.92 Å². The van der Waals surface area contributed by atoms with Gasteiger partial charge in [0.05, 0.1) is 6.26 Å². The summed E-state index contributed by atoms with van der Waals surface area (Å²) in [6, 6.07) is 3.59. The number of carbonyl (C=O) groups excluding carboxylic acids is 2. The molecule has 1 aliphatic heterocycles. The smallest absolute Gasteiger partial charge is 0.289 e. The molecule has 0 unspecified atom stereocenters. The Balaban J connectivity index is 1.83. The van der Waals surface area contributed by atoms with Crippen molar-refractivity contribution in [2.24, 2.45) is 5.92 Å². The number of piperidine rings is 1. The number of hydrogen-bond donors (Lipinski definition) is 1.